The molecule has 0 aliphatic carbocycles. The number of methoxy groups -OCH3 is 1. The van der Waals surface area contributed by atoms with E-state index >= 15 is 0 Å². The Balaban J connectivity index is 1.85. The summed E-state index contributed by atoms with van der Waals surface area (Å²) in [7, 11) is 1.28. The lowest BCUT2D eigenvalue weighted by atomic mass is 10.0. The second-order valence-corrected chi connectivity index (χ2v) is 7.62. The summed E-state index contributed by atoms with van der Waals surface area (Å²) in [6.45, 7) is 5.64. The van der Waals surface area contributed by atoms with Gasteiger partial charge in [0.15, 0.2) is 0 Å². The summed E-state index contributed by atoms with van der Waals surface area (Å²) in [5.74, 6) is -1.36. The molecule has 0 saturated heterocycles. The molecule has 0 bridgehead atoms. The van der Waals surface area contributed by atoms with Crippen molar-refractivity contribution in [1.29, 1.82) is 0 Å². The summed E-state index contributed by atoms with van der Waals surface area (Å²) in [6.07, 6.45) is 1.73. The largest absolute Gasteiger partial charge is 0.465 e. The average molecular weight is 430 g/mol. The molecule has 32 heavy (non-hydrogen) atoms. The Morgan fingerprint density at radius 2 is 1.62 bits per heavy atom. The van der Waals surface area contributed by atoms with Crippen LogP contribution in [-0.2, 0) is 14.3 Å². The quantitative estimate of drug-likeness (QED) is 0.427. The molecular formula is C26H23FN2O3. The van der Waals surface area contributed by atoms with E-state index in [0.29, 0.717) is 11.4 Å². The van der Waals surface area contributed by atoms with Gasteiger partial charge in [-0.1, -0.05) is 18.2 Å². The topological polar surface area (TPSA) is 51.5 Å². The van der Waals surface area contributed by atoms with Crippen molar-refractivity contribution in [2.75, 3.05) is 12.0 Å². The summed E-state index contributed by atoms with van der Waals surface area (Å²) < 4.78 is 20.5. The number of nitrogens with zero attached hydrogens (tertiary/aromatic N) is 2. The van der Waals surface area contributed by atoms with Gasteiger partial charge >= 0.3 is 5.97 Å². The number of ether oxygens (including phenoxy) is 1. The van der Waals surface area contributed by atoms with E-state index in [1.807, 2.05) is 50.2 Å². The smallest absolute Gasteiger partial charge is 0.340 e. The Kier molecular flexibility index (Phi) is 5.53. The fourth-order valence-electron chi connectivity index (χ4n) is 4.14. The van der Waals surface area contributed by atoms with Crippen molar-refractivity contribution >= 4 is 23.6 Å². The van der Waals surface area contributed by atoms with Gasteiger partial charge in [-0.25, -0.2) is 9.18 Å². The number of anilines is 1. The standard InChI is InChI=1S/C26H23FN2O3/c1-16-14-19(17(2)28(16)21-8-6-5-7-9-21)15-23-24(26(31)32-4)18(3)29(25(23)30)22-12-10-20(27)11-13-22/h5-15H,1-4H3. The molecule has 0 fully saturated rings. The Bertz CT molecular complexity index is 1270. The fraction of sp³-hybridized carbons (Fsp3) is 0.154. The predicted octanol–water partition coefficient (Wildman–Crippen LogP) is 5.11. The number of amides is 1. The van der Waals surface area contributed by atoms with Crippen LogP contribution in [0.1, 0.15) is 23.9 Å². The molecule has 4 rings (SSSR count). The molecule has 1 amide bonds. The van der Waals surface area contributed by atoms with E-state index in [1.54, 1.807) is 13.0 Å². The highest BCUT2D eigenvalue weighted by atomic mass is 19.1. The maximum absolute atomic E-state index is 13.4. The van der Waals surface area contributed by atoms with Crippen molar-refractivity contribution < 1.29 is 18.7 Å². The van der Waals surface area contributed by atoms with Crippen LogP contribution in [0.5, 0.6) is 0 Å². The molecule has 162 valence electrons. The number of para-hydroxylation sites is 1. The third-order valence-corrected chi connectivity index (χ3v) is 5.66. The van der Waals surface area contributed by atoms with Crippen molar-refractivity contribution in [2.24, 2.45) is 0 Å². The van der Waals surface area contributed by atoms with E-state index in [2.05, 4.69) is 4.57 Å². The monoisotopic (exact) mass is 430 g/mol. The summed E-state index contributed by atoms with van der Waals surface area (Å²) >= 11 is 0. The van der Waals surface area contributed by atoms with E-state index in [-0.39, 0.29) is 17.1 Å². The van der Waals surface area contributed by atoms with Crippen LogP contribution in [0.4, 0.5) is 10.1 Å². The van der Waals surface area contributed by atoms with Crippen molar-refractivity contribution in [3.8, 4) is 5.69 Å². The normalized spacial score (nSPS) is 15.1. The number of carbonyl (C=O) groups excluding carboxylic acids is 2. The second-order valence-electron chi connectivity index (χ2n) is 7.62. The van der Waals surface area contributed by atoms with Gasteiger partial charge in [0.25, 0.3) is 5.91 Å². The van der Waals surface area contributed by atoms with Gasteiger partial charge in [-0.15, -0.1) is 0 Å². The highest BCUT2D eigenvalue weighted by Crippen LogP contribution is 2.36. The summed E-state index contributed by atoms with van der Waals surface area (Å²) in [6, 6.07) is 17.5. The van der Waals surface area contributed by atoms with Crippen molar-refractivity contribution in [3.05, 3.63) is 100 Å². The number of hydrogen-bond donors (Lipinski definition) is 0. The van der Waals surface area contributed by atoms with Crippen LogP contribution in [0.15, 0.2) is 77.5 Å². The molecule has 0 unspecified atom stereocenters. The molecule has 2 aromatic carbocycles. The van der Waals surface area contributed by atoms with Gasteiger partial charge in [0.05, 0.1) is 18.3 Å². The van der Waals surface area contributed by atoms with Gasteiger partial charge in [0, 0.05) is 28.5 Å². The van der Waals surface area contributed by atoms with Gasteiger partial charge in [-0.3, -0.25) is 9.69 Å². The van der Waals surface area contributed by atoms with Crippen LogP contribution in [0.2, 0.25) is 0 Å². The van der Waals surface area contributed by atoms with Crippen LogP contribution in [0, 0.1) is 19.7 Å². The number of allylic oxidation sites excluding steroid dienone is 1. The average Bonchev–Trinajstić information content (AvgIpc) is 3.20. The maximum atomic E-state index is 13.4. The zero-order valence-corrected chi connectivity index (χ0v) is 18.3. The molecule has 3 aromatic rings. The third-order valence-electron chi connectivity index (χ3n) is 5.66. The molecule has 6 heteroatoms. The highest BCUT2D eigenvalue weighted by molar-refractivity contribution is 6.23. The zero-order valence-electron chi connectivity index (χ0n) is 18.3. The Labute approximate surface area is 186 Å². The Hall–Kier alpha value is -3.93. The Morgan fingerprint density at radius 1 is 0.969 bits per heavy atom. The number of aryl methyl sites for hydroxylation is 1. The number of esters is 1. The van der Waals surface area contributed by atoms with E-state index in [4.69, 9.17) is 4.74 Å². The first-order valence-electron chi connectivity index (χ1n) is 10.2. The third kappa shape index (κ3) is 3.54. The zero-order chi connectivity index (χ0) is 23.0. The number of carbonyl (C=O) groups is 2. The molecule has 0 N–H and O–H groups in total. The van der Waals surface area contributed by atoms with Gasteiger partial charge in [0.1, 0.15) is 5.82 Å². The molecule has 5 nitrogen and oxygen atoms in total. The highest BCUT2D eigenvalue weighted by Gasteiger charge is 2.38. The van der Waals surface area contributed by atoms with Crippen LogP contribution >= 0.6 is 0 Å². The van der Waals surface area contributed by atoms with Crippen molar-refractivity contribution in [1.82, 2.24) is 4.57 Å². The minimum Gasteiger partial charge on any atom is -0.465 e. The number of benzene rings is 2. The summed E-state index contributed by atoms with van der Waals surface area (Å²) in [5, 5.41) is 0. The van der Waals surface area contributed by atoms with Crippen molar-refractivity contribution in [2.45, 2.75) is 20.8 Å². The first-order valence-corrected chi connectivity index (χ1v) is 10.2. The van der Waals surface area contributed by atoms with Crippen LogP contribution in [-0.4, -0.2) is 23.6 Å². The minimum absolute atomic E-state index is 0.200. The molecule has 0 saturated carbocycles. The SMILES string of the molecule is COC(=O)C1=C(C)N(c2ccc(F)cc2)C(=O)C1=Cc1cc(C)n(-c2ccccc2)c1C. The van der Waals surface area contributed by atoms with E-state index in [9.17, 15) is 14.0 Å². The lowest BCUT2D eigenvalue weighted by molar-refractivity contribution is -0.136. The van der Waals surface area contributed by atoms with Crippen molar-refractivity contribution in [3.63, 3.8) is 0 Å². The lowest BCUT2D eigenvalue weighted by Crippen LogP contribution is -2.24. The molecule has 0 atom stereocenters. The molecule has 1 aliphatic rings. The molecule has 1 aliphatic heterocycles. The van der Waals surface area contributed by atoms with E-state index < -0.39 is 11.8 Å². The van der Waals surface area contributed by atoms with Crippen LogP contribution < -0.4 is 4.90 Å². The number of halogens is 1. The number of hydrogen-bond acceptors (Lipinski definition) is 3. The molecule has 0 spiro atoms. The molecule has 2 heterocycles. The van der Waals surface area contributed by atoms with Gasteiger partial charge in [-0.05, 0) is 74.9 Å². The first kappa shape index (κ1) is 21.3. The fourth-order valence-corrected chi connectivity index (χ4v) is 4.14. The number of aromatic nitrogens is 1. The Morgan fingerprint density at radius 3 is 2.25 bits per heavy atom. The van der Waals surface area contributed by atoms with Gasteiger partial charge < -0.3 is 9.30 Å². The lowest BCUT2D eigenvalue weighted by Gasteiger charge is -2.17. The van der Waals surface area contributed by atoms with Crippen LogP contribution in [0.3, 0.4) is 0 Å². The van der Waals surface area contributed by atoms with E-state index in [0.717, 1.165) is 22.6 Å². The predicted molar refractivity (Wildman–Crippen MR) is 122 cm³/mol. The first-order chi connectivity index (χ1) is 15.3. The van der Waals surface area contributed by atoms with Crippen LogP contribution in [0.25, 0.3) is 11.8 Å². The summed E-state index contributed by atoms with van der Waals surface area (Å²) in [5.41, 5.74) is 5.14. The molecule has 0 radical (unpaired) electrons. The second kappa shape index (κ2) is 8.30. The van der Waals surface area contributed by atoms with Gasteiger partial charge in [0.2, 0.25) is 0 Å². The molecular weight excluding hydrogens is 407 g/mol. The molecule has 1 aromatic heterocycles. The summed E-state index contributed by atoms with van der Waals surface area (Å²) in [4.78, 5) is 27.4. The maximum Gasteiger partial charge on any atom is 0.340 e. The minimum atomic E-state index is -0.594. The van der Waals surface area contributed by atoms with Gasteiger partial charge in [-0.2, -0.15) is 0 Å². The number of rotatable bonds is 4. The van der Waals surface area contributed by atoms with E-state index in [1.165, 1.54) is 36.3 Å².